The first-order chi connectivity index (χ1) is 12.8. The number of nitrogens with zero attached hydrogens (tertiary/aromatic N) is 3. The minimum absolute atomic E-state index is 0.304. The van der Waals surface area contributed by atoms with Gasteiger partial charge in [0.2, 0.25) is 0 Å². The third kappa shape index (κ3) is 3.58. The Kier molecular flexibility index (Phi) is 4.62. The van der Waals surface area contributed by atoms with Crippen molar-refractivity contribution in [2.45, 2.75) is 19.6 Å². The molecule has 0 bridgehead atoms. The lowest BCUT2D eigenvalue weighted by Gasteiger charge is -2.23. The van der Waals surface area contributed by atoms with Crippen molar-refractivity contribution in [3.63, 3.8) is 0 Å². The van der Waals surface area contributed by atoms with Crippen molar-refractivity contribution in [2.75, 3.05) is 0 Å². The van der Waals surface area contributed by atoms with E-state index in [0.29, 0.717) is 25.4 Å². The van der Waals surface area contributed by atoms with Gasteiger partial charge in [0.15, 0.2) is 12.0 Å². The Balaban J connectivity index is 1.63. The lowest BCUT2D eigenvalue weighted by atomic mass is 10.1. The Morgan fingerprint density at radius 3 is 2.46 bits per heavy atom. The van der Waals surface area contributed by atoms with Crippen molar-refractivity contribution in [2.24, 2.45) is 0 Å². The fourth-order valence-electron chi connectivity index (χ4n) is 3.09. The van der Waals surface area contributed by atoms with Crippen molar-refractivity contribution in [3.8, 4) is 5.75 Å². The van der Waals surface area contributed by atoms with Crippen LogP contribution in [0, 0.1) is 0 Å². The van der Waals surface area contributed by atoms with E-state index in [1.54, 1.807) is 12.3 Å². The van der Waals surface area contributed by atoms with Crippen LogP contribution >= 0.6 is 0 Å². The van der Waals surface area contributed by atoms with Gasteiger partial charge in [0, 0.05) is 31.4 Å². The lowest BCUT2D eigenvalue weighted by molar-refractivity contribution is 0.242. The highest BCUT2D eigenvalue weighted by atomic mass is 16.3. The number of fused-ring (bicyclic) bond motifs is 1. The molecule has 5 heteroatoms. The van der Waals surface area contributed by atoms with Gasteiger partial charge in [-0.05, 0) is 29.8 Å². The predicted octanol–water partition coefficient (Wildman–Crippen LogP) is 4.13. The fourth-order valence-corrected chi connectivity index (χ4v) is 3.09. The number of phenols is 1. The molecule has 4 rings (SSSR count). The molecule has 0 aliphatic carbocycles. The van der Waals surface area contributed by atoms with Crippen LogP contribution in [0.25, 0.3) is 11.1 Å². The summed E-state index contributed by atoms with van der Waals surface area (Å²) in [6, 6.07) is 19.3. The van der Waals surface area contributed by atoms with Crippen LogP contribution in [0.1, 0.15) is 16.8 Å². The fraction of sp³-hybridized carbons (Fsp3) is 0.143. The molecule has 4 aromatic rings. The highest BCUT2D eigenvalue weighted by molar-refractivity contribution is 5.75. The van der Waals surface area contributed by atoms with E-state index in [1.165, 1.54) is 6.39 Å². The van der Waals surface area contributed by atoms with Crippen LogP contribution in [-0.4, -0.2) is 20.0 Å². The van der Waals surface area contributed by atoms with E-state index in [4.69, 9.17) is 4.42 Å². The van der Waals surface area contributed by atoms with Gasteiger partial charge in [-0.1, -0.05) is 36.4 Å². The predicted molar refractivity (Wildman–Crippen MR) is 99.3 cm³/mol. The third-order valence-electron chi connectivity index (χ3n) is 4.34. The summed E-state index contributed by atoms with van der Waals surface area (Å²) >= 11 is 0. The van der Waals surface area contributed by atoms with E-state index >= 15 is 0 Å². The smallest absolute Gasteiger partial charge is 0.181 e. The number of hydrogen-bond acceptors (Lipinski definition) is 5. The first kappa shape index (κ1) is 16.3. The molecule has 26 heavy (non-hydrogen) atoms. The zero-order valence-corrected chi connectivity index (χ0v) is 14.2. The quantitative estimate of drug-likeness (QED) is 0.569. The van der Waals surface area contributed by atoms with Crippen LogP contribution in [0.15, 0.2) is 77.7 Å². The molecule has 5 nitrogen and oxygen atoms in total. The zero-order valence-electron chi connectivity index (χ0n) is 14.2. The molecule has 0 amide bonds. The van der Waals surface area contributed by atoms with E-state index in [1.807, 2.05) is 48.5 Å². The molecule has 130 valence electrons. The number of hydrogen-bond donors (Lipinski definition) is 1. The number of para-hydroxylation sites is 2. The molecular weight excluding hydrogens is 326 g/mol. The Hall–Kier alpha value is -3.18. The van der Waals surface area contributed by atoms with E-state index in [0.717, 1.165) is 27.9 Å². The van der Waals surface area contributed by atoms with Crippen LogP contribution in [-0.2, 0) is 19.6 Å². The molecule has 0 unspecified atom stereocenters. The molecule has 2 heterocycles. The first-order valence-electron chi connectivity index (χ1n) is 8.50. The van der Waals surface area contributed by atoms with Gasteiger partial charge in [-0.2, -0.15) is 0 Å². The molecule has 0 aliphatic heterocycles. The number of phenolic OH excluding ortho intramolecular Hbond substituents is 1. The standard InChI is InChI=1S/C21H19N3O2/c25-19-9-2-1-6-16(19)12-24(14-18-8-3-4-11-22-18)13-17-7-5-10-20-21(17)23-15-26-20/h1-11,15,25H,12-14H2. The monoisotopic (exact) mass is 345 g/mol. The topological polar surface area (TPSA) is 62.4 Å². The highest BCUT2D eigenvalue weighted by Crippen LogP contribution is 2.23. The minimum Gasteiger partial charge on any atom is -0.508 e. The van der Waals surface area contributed by atoms with Gasteiger partial charge in [-0.15, -0.1) is 0 Å². The molecule has 0 aliphatic rings. The number of oxazole rings is 1. The maximum Gasteiger partial charge on any atom is 0.181 e. The molecule has 0 radical (unpaired) electrons. The SMILES string of the molecule is Oc1ccccc1CN(Cc1ccccn1)Cc1cccc2ocnc12. The molecule has 1 N–H and O–H groups in total. The second-order valence-electron chi connectivity index (χ2n) is 6.21. The number of rotatable bonds is 6. The van der Waals surface area contributed by atoms with Crippen molar-refractivity contribution in [1.82, 2.24) is 14.9 Å². The van der Waals surface area contributed by atoms with Gasteiger partial charge in [-0.25, -0.2) is 4.98 Å². The summed E-state index contributed by atoms with van der Waals surface area (Å²) < 4.78 is 5.41. The highest BCUT2D eigenvalue weighted by Gasteiger charge is 2.14. The summed E-state index contributed by atoms with van der Waals surface area (Å²) in [6.07, 6.45) is 3.27. The summed E-state index contributed by atoms with van der Waals surface area (Å²) in [6.45, 7) is 1.95. The van der Waals surface area contributed by atoms with Gasteiger partial charge in [0.25, 0.3) is 0 Å². The Labute approximate surface area is 151 Å². The Morgan fingerprint density at radius 1 is 0.808 bits per heavy atom. The van der Waals surface area contributed by atoms with Gasteiger partial charge in [0.1, 0.15) is 11.3 Å². The molecule has 2 aromatic carbocycles. The molecular formula is C21H19N3O2. The number of aromatic hydroxyl groups is 1. The number of aromatic nitrogens is 2. The molecule has 0 saturated heterocycles. The summed E-state index contributed by atoms with van der Waals surface area (Å²) in [5, 5.41) is 10.2. The summed E-state index contributed by atoms with van der Waals surface area (Å²) in [5.41, 5.74) is 4.60. The lowest BCUT2D eigenvalue weighted by Crippen LogP contribution is -2.23. The number of benzene rings is 2. The maximum atomic E-state index is 10.2. The normalized spacial score (nSPS) is 11.3. The van der Waals surface area contributed by atoms with Crippen LogP contribution in [0.2, 0.25) is 0 Å². The largest absolute Gasteiger partial charge is 0.508 e. The molecule has 2 aromatic heterocycles. The first-order valence-corrected chi connectivity index (χ1v) is 8.50. The number of pyridine rings is 1. The van der Waals surface area contributed by atoms with Crippen molar-refractivity contribution in [1.29, 1.82) is 0 Å². The van der Waals surface area contributed by atoms with Crippen LogP contribution in [0.4, 0.5) is 0 Å². The van der Waals surface area contributed by atoms with Gasteiger partial charge in [0.05, 0.1) is 5.69 Å². The van der Waals surface area contributed by atoms with Crippen molar-refractivity contribution >= 4 is 11.1 Å². The van der Waals surface area contributed by atoms with Crippen molar-refractivity contribution < 1.29 is 9.52 Å². The Morgan fingerprint density at radius 2 is 1.62 bits per heavy atom. The summed E-state index contributed by atoms with van der Waals surface area (Å²) in [5.74, 6) is 0.304. The zero-order chi connectivity index (χ0) is 17.8. The third-order valence-corrected chi connectivity index (χ3v) is 4.34. The second-order valence-corrected chi connectivity index (χ2v) is 6.21. The minimum atomic E-state index is 0.304. The second kappa shape index (κ2) is 7.37. The average Bonchev–Trinajstić information content (AvgIpc) is 3.14. The van der Waals surface area contributed by atoms with E-state index in [2.05, 4.69) is 20.9 Å². The van der Waals surface area contributed by atoms with Crippen LogP contribution < -0.4 is 0 Å². The summed E-state index contributed by atoms with van der Waals surface area (Å²) in [4.78, 5) is 11.0. The summed E-state index contributed by atoms with van der Waals surface area (Å²) in [7, 11) is 0. The van der Waals surface area contributed by atoms with Gasteiger partial charge >= 0.3 is 0 Å². The molecule has 0 spiro atoms. The van der Waals surface area contributed by atoms with Crippen LogP contribution in [0.3, 0.4) is 0 Å². The van der Waals surface area contributed by atoms with E-state index < -0.39 is 0 Å². The van der Waals surface area contributed by atoms with E-state index in [-0.39, 0.29) is 0 Å². The van der Waals surface area contributed by atoms with Crippen LogP contribution in [0.5, 0.6) is 5.75 Å². The molecule has 0 saturated carbocycles. The molecule has 0 atom stereocenters. The van der Waals surface area contributed by atoms with E-state index in [9.17, 15) is 5.11 Å². The average molecular weight is 345 g/mol. The molecule has 0 fully saturated rings. The Bertz CT molecular complexity index is 998. The van der Waals surface area contributed by atoms with Gasteiger partial charge in [-0.3, -0.25) is 9.88 Å². The van der Waals surface area contributed by atoms with Gasteiger partial charge < -0.3 is 9.52 Å². The maximum absolute atomic E-state index is 10.2. The van der Waals surface area contributed by atoms with Crippen molar-refractivity contribution in [3.05, 3.63) is 90.1 Å².